The maximum Gasteiger partial charge on any atom is 0.206 e. The van der Waals surface area contributed by atoms with Crippen LogP contribution in [0.5, 0.6) is 5.75 Å². The third kappa shape index (κ3) is 4.65. The SMILES string of the molecule is C=C1C=C(c2ccncn2)N=C(N2CCOC(c3ccc(-c4cccc(F)c4)cc3OC)C2)N1C. The normalized spacial score (nSPS) is 18.3. The number of halogens is 1. The Morgan fingerprint density at radius 1 is 1.14 bits per heavy atom. The van der Waals surface area contributed by atoms with Gasteiger partial charge in [-0.25, -0.2) is 19.4 Å². The van der Waals surface area contributed by atoms with Crippen molar-refractivity contribution in [3.8, 4) is 16.9 Å². The van der Waals surface area contributed by atoms with E-state index in [1.54, 1.807) is 19.4 Å². The van der Waals surface area contributed by atoms with Crippen LogP contribution in [0.15, 0.2) is 84.4 Å². The largest absolute Gasteiger partial charge is 0.496 e. The highest BCUT2D eigenvalue weighted by Gasteiger charge is 2.30. The van der Waals surface area contributed by atoms with E-state index in [0.29, 0.717) is 25.4 Å². The van der Waals surface area contributed by atoms with Crippen LogP contribution in [0.1, 0.15) is 17.4 Å². The van der Waals surface area contributed by atoms with Crippen molar-refractivity contribution in [3.05, 3.63) is 96.5 Å². The van der Waals surface area contributed by atoms with E-state index in [0.717, 1.165) is 39.7 Å². The summed E-state index contributed by atoms with van der Waals surface area (Å²) in [4.78, 5) is 17.4. The molecule has 1 saturated heterocycles. The predicted molar refractivity (Wildman–Crippen MR) is 133 cm³/mol. The van der Waals surface area contributed by atoms with Crippen LogP contribution in [-0.2, 0) is 4.74 Å². The topological polar surface area (TPSA) is 63.1 Å². The molecular weight excluding hydrogens is 445 g/mol. The summed E-state index contributed by atoms with van der Waals surface area (Å²) in [7, 11) is 3.59. The van der Waals surface area contributed by atoms with E-state index in [9.17, 15) is 4.39 Å². The summed E-state index contributed by atoms with van der Waals surface area (Å²) >= 11 is 0. The van der Waals surface area contributed by atoms with Crippen molar-refractivity contribution >= 4 is 11.7 Å². The zero-order valence-corrected chi connectivity index (χ0v) is 19.7. The number of methoxy groups -OCH3 is 1. The lowest BCUT2D eigenvalue weighted by Gasteiger charge is -2.39. The molecule has 1 aromatic heterocycles. The first-order valence-electron chi connectivity index (χ1n) is 11.3. The molecule has 7 nitrogen and oxygen atoms in total. The van der Waals surface area contributed by atoms with Crippen LogP contribution < -0.4 is 4.74 Å². The molecule has 3 aromatic rings. The number of aliphatic imine (C=N–C) groups is 1. The monoisotopic (exact) mass is 471 g/mol. The van der Waals surface area contributed by atoms with Crippen LogP contribution in [0.4, 0.5) is 4.39 Å². The number of allylic oxidation sites excluding steroid dienone is 1. The van der Waals surface area contributed by atoms with Crippen molar-refractivity contribution in [2.75, 3.05) is 33.9 Å². The Balaban J connectivity index is 1.42. The van der Waals surface area contributed by atoms with Gasteiger partial charge < -0.3 is 19.3 Å². The number of guanidine groups is 1. The molecule has 1 unspecified atom stereocenters. The fourth-order valence-electron chi connectivity index (χ4n) is 4.30. The van der Waals surface area contributed by atoms with Crippen molar-refractivity contribution in [3.63, 3.8) is 0 Å². The molecule has 0 spiro atoms. The summed E-state index contributed by atoms with van der Waals surface area (Å²) < 4.78 is 25.6. The van der Waals surface area contributed by atoms with Crippen LogP contribution in [-0.4, -0.2) is 59.6 Å². The zero-order valence-electron chi connectivity index (χ0n) is 19.7. The van der Waals surface area contributed by atoms with Gasteiger partial charge in [-0.2, -0.15) is 0 Å². The van der Waals surface area contributed by atoms with Crippen LogP contribution in [0.25, 0.3) is 16.8 Å². The molecule has 3 heterocycles. The molecule has 2 aliphatic rings. The maximum atomic E-state index is 13.7. The van der Waals surface area contributed by atoms with Crippen molar-refractivity contribution in [2.45, 2.75) is 6.10 Å². The lowest BCUT2D eigenvalue weighted by molar-refractivity contribution is -0.0107. The number of morpholine rings is 1. The molecule has 0 N–H and O–H groups in total. The second kappa shape index (κ2) is 9.68. The first kappa shape index (κ1) is 22.7. The summed E-state index contributed by atoms with van der Waals surface area (Å²) in [6.07, 6.45) is 4.90. The molecule has 0 aliphatic carbocycles. The number of benzene rings is 2. The average molecular weight is 472 g/mol. The van der Waals surface area contributed by atoms with Gasteiger partial charge in [0.1, 0.15) is 24.0 Å². The van der Waals surface area contributed by atoms with Gasteiger partial charge in [0.05, 0.1) is 31.7 Å². The van der Waals surface area contributed by atoms with E-state index in [4.69, 9.17) is 14.5 Å². The fourth-order valence-corrected chi connectivity index (χ4v) is 4.30. The molecule has 0 amide bonds. The molecule has 35 heavy (non-hydrogen) atoms. The zero-order chi connectivity index (χ0) is 24.4. The number of rotatable bonds is 4. The maximum absolute atomic E-state index is 13.7. The number of likely N-dealkylation sites (N-methyl/N-ethyl adjacent to an activating group) is 1. The Bertz CT molecular complexity index is 1310. The quantitative estimate of drug-likeness (QED) is 0.558. The van der Waals surface area contributed by atoms with E-state index < -0.39 is 0 Å². The summed E-state index contributed by atoms with van der Waals surface area (Å²) in [5, 5.41) is 0. The number of ether oxygens (including phenoxy) is 2. The minimum Gasteiger partial charge on any atom is -0.496 e. The lowest BCUT2D eigenvalue weighted by atomic mass is 9.99. The Kier molecular flexibility index (Phi) is 6.29. The summed E-state index contributed by atoms with van der Waals surface area (Å²) in [5.41, 5.74) is 4.91. The van der Waals surface area contributed by atoms with Gasteiger partial charge in [0.25, 0.3) is 0 Å². The van der Waals surface area contributed by atoms with Crippen molar-refractivity contribution < 1.29 is 13.9 Å². The second-order valence-electron chi connectivity index (χ2n) is 8.36. The summed E-state index contributed by atoms with van der Waals surface area (Å²) in [5.74, 6) is 1.21. The van der Waals surface area contributed by atoms with Gasteiger partial charge in [-0.3, -0.25) is 0 Å². The van der Waals surface area contributed by atoms with Crippen LogP contribution in [0, 0.1) is 5.82 Å². The van der Waals surface area contributed by atoms with Gasteiger partial charge in [-0.05, 0) is 41.5 Å². The molecular formula is C27H26FN5O2. The summed E-state index contributed by atoms with van der Waals surface area (Å²) in [6, 6.07) is 14.2. The summed E-state index contributed by atoms with van der Waals surface area (Å²) in [6.45, 7) is 5.99. The Labute approximate surface area is 203 Å². The van der Waals surface area contributed by atoms with Crippen LogP contribution in [0.2, 0.25) is 0 Å². The number of nitrogens with zero attached hydrogens (tertiary/aromatic N) is 5. The van der Waals surface area contributed by atoms with Crippen molar-refractivity contribution in [1.29, 1.82) is 0 Å². The van der Waals surface area contributed by atoms with E-state index in [2.05, 4.69) is 21.4 Å². The highest BCUT2D eigenvalue weighted by molar-refractivity contribution is 5.90. The molecule has 1 fully saturated rings. The fraction of sp³-hybridized carbons (Fsp3) is 0.222. The molecule has 1 atom stereocenters. The van der Waals surface area contributed by atoms with Crippen molar-refractivity contribution in [2.24, 2.45) is 4.99 Å². The lowest BCUT2D eigenvalue weighted by Crippen LogP contribution is -2.49. The third-order valence-electron chi connectivity index (χ3n) is 6.19. The second-order valence-corrected chi connectivity index (χ2v) is 8.36. The minimum absolute atomic E-state index is 0.224. The first-order chi connectivity index (χ1) is 17.0. The van der Waals surface area contributed by atoms with Gasteiger partial charge in [0.2, 0.25) is 5.96 Å². The average Bonchev–Trinajstić information content (AvgIpc) is 2.90. The highest BCUT2D eigenvalue weighted by atomic mass is 19.1. The molecule has 0 radical (unpaired) electrons. The minimum atomic E-state index is -0.272. The number of hydrogen-bond donors (Lipinski definition) is 0. The Morgan fingerprint density at radius 2 is 2.00 bits per heavy atom. The molecule has 2 aromatic carbocycles. The number of aromatic nitrogens is 2. The van der Waals surface area contributed by atoms with E-state index >= 15 is 0 Å². The standard InChI is InChI=1S/C27H26FN5O2/c1-18-13-24(23-9-10-29-17-30-23)31-27(32(18)2)33-11-12-35-26(16-33)22-8-7-20(15-25(22)34-3)19-5-4-6-21(28)14-19/h4-10,13-15,17,26H,1,11-12,16H2,2-3H3. The van der Waals surface area contributed by atoms with E-state index in [1.807, 2.05) is 48.4 Å². The predicted octanol–water partition coefficient (Wildman–Crippen LogP) is 4.52. The van der Waals surface area contributed by atoms with Gasteiger partial charge in [0, 0.05) is 31.0 Å². The molecule has 0 saturated carbocycles. The molecule has 2 aliphatic heterocycles. The molecule has 5 rings (SSSR count). The van der Waals surface area contributed by atoms with E-state index in [-0.39, 0.29) is 11.9 Å². The Morgan fingerprint density at radius 3 is 2.77 bits per heavy atom. The highest BCUT2D eigenvalue weighted by Crippen LogP contribution is 2.35. The van der Waals surface area contributed by atoms with Crippen molar-refractivity contribution in [1.82, 2.24) is 19.8 Å². The van der Waals surface area contributed by atoms with Gasteiger partial charge in [0.15, 0.2) is 0 Å². The van der Waals surface area contributed by atoms with Gasteiger partial charge in [-0.1, -0.05) is 30.8 Å². The number of hydrogen-bond acceptors (Lipinski definition) is 7. The van der Waals surface area contributed by atoms with E-state index in [1.165, 1.54) is 18.5 Å². The Hall–Kier alpha value is -4.04. The molecule has 0 bridgehead atoms. The first-order valence-corrected chi connectivity index (χ1v) is 11.3. The van der Waals surface area contributed by atoms with Crippen LogP contribution >= 0.6 is 0 Å². The van der Waals surface area contributed by atoms with Gasteiger partial charge >= 0.3 is 0 Å². The molecule has 8 heteroatoms. The smallest absolute Gasteiger partial charge is 0.206 e. The van der Waals surface area contributed by atoms with Crippen LogP contribution in [0.3, 0.4) is 0 Å². The molecule has 178 valence electrons. The third-order valence-corrected chi connectivity index (χ3v) is 6.19. The van der Waals surface area contributed by atoms with Gasteiger partial charge in [-0.15, -0.1) is 0 Å².